The van der Waals surface area contributed by atoms with Crippen molar-refractivity contribution in [2.45, 2.75) is 45.7 Å². The van der Waals surface area contributed by atoms with Crippen molar-refractivity contribution in [3.05, 3.63) is 77.7 Å². The lowest BCUT2D eigenvalue weighted by atomic mass is 10.1. The molecule has 0 fully saturated rings. The number of hydrogen-bond acceptors (Lipinski definition) is 5. The van der Waals surface area contributed by atoms with E-state index in [-0.39, 0.29) is 5.91 Å². The molecule has 154 valence electrons. The number of amides is 1. The standard InChI is InChI=1S/C23H25N5O2/c1-2-21-26-23(30-27-21)9-5-8-22(29)24-14-17-10-12-18(13-11-17)15-28-16-25-19-6-3-4-7-20(19)28/h3-4,6-7,10-13,16H,2,5,8-9,14-15H2,1H3,(H,24,29). The molecule has 0 aliphatic rings. The van der Waals surface area contributed by atoms with E-state index in [0.717, 1.165) is 29.6 Å². The van der Waals surface area contributed by atoms with Gasteiger partial charge in [0.2, 0.25) is 11.8 Å². The second-order valence-corrected chi connectivity index (χ2v) is 7.27. The number of rotatable bonds is 9. The summed E-state index contributed by atoms with van der Waals surface area (Å²) in [5.74, 6) is 1.33. The van der Waals surface area contributed by atoms with Crippen LogP contribution in [-0.2, 0) is 30.7 Å². The first-order chi connectivity index (χ1) is 14.7. The maximum Gasteiger partial charge on any atom is 0.226 e. The van der Waals surface area contributed by atoms with Crippen LogP contribution in [0.2, 0.25) is 0 Å². The Morgan fingerprint density at radius 1 is 1.10 bits per heavy atom. The van der Waals surface area contributed by atoms with Gasteiger partial charge in [-0.15, -0.1) is 0 Å². The number of imidazole rings is 1. The summed E-state index contributed by atoms with van der Waals surface area (Å²) in [7, 11) is 0. The molecule has 1 amide bonds. The Morgan fingerprint density at radius 3 is 2.70 bits per heavy atom. The number of nitrogens with one attached hydrogen (secondary N) is 1. The predicted molar refractivity (Wildman–Crippen MR) is 114 cm³/mol. The van der Waals surface area contributed by atoms with Crippen LogP contribution < -0.4 is 5.32 Å². The third-order valence-corrected chi connectivity index (χ3v) is 5.01. The number of hydrogen-bond donors (Lipinski definition) is 1. The van der Waals surface area contributed by atoms with Crippen LogP contribution >= 0.6 is 0 Å². The highest BCUT2D eigenvalue weighted by Crippen LogP contribution is 2.14. The minimum absolute atomic E-state index is 0.0270. The maximum atomic E-state index is 12.1. The minimum Gasteiger partial charge on any atom is -0.352 e. The fourth-order valence-electron chi connectivity index (χ4n) is 3.32. The fraction of sp³-hybridized carbons (Fsp3) is 0.304. The van der Waals surface area contributed by atoms with E-state index in [0.29, 0.717) is 37.5 Å². The molecule has 2 aromatic heterocycles. The lowest BCUT2D eigenvalue weighted by molar-refractivity contribution is -0.121. The molecule has 4 aromatic rings. The Kier molecular flexibility index (Phi) is 6.17. The summed E-state index contributed by atoms with van der Waals surface area (Å²) in [5, 5.41) is 6.83. The molecule has 2 heterocycles. The van der Waals surface area contributed by atoms with Crippen molar-refractivity contribution < 1.29 is 9.32 Å². The SMILES string of the molecule is CCc1noc(CCCC(=O)NCc2ccc(Cn3cnc4ccccc43)cc2)n1. The number of carbonyl (C=O) groups is 1. The first kappa shape index (κ1) is 19.8. The second-order valence-electron chi connectivity index (χ2n) is 7.27. The molecular formula is C23H25N5O2. The molecule has 2 aromatic carbocycles. The molecular weight excluding hydrogens is 378 g/mol. The zero-order valence-corrected chi connectivity index (χ0v) is 17.0. The summed E-state index contributed by atoms with van der Waals surface area (Å²) in [6.07, 6.45) is 4.38. The molecule has 0 atom stereocenters. The normalized spacial score (nSPS) is 11.1. The Labute approximate surface area is 175 Å². The first-order valence-electron chi connectivity index (χ1n) is 10.3. The quantitative estimate of drug-likeness (QED) is 0.461. The first-order valence-corrected chi connectivity index (χ1v) is 10.3. The van der Waals surface area contributed by atoms with Gasteiger partial charge >= 0.3 is 0 Å². The van der Waals surface area contributed by atoms with E-state index in [4.69, 9.17) is 4.52 Å². The van der Waals surface area contributed by atoms with Crippen molar-refractivity contribution in [1.82, 2.24) is 25.0 Å². The predicted octanol–water partition coefficient (Wildman–Crippen LogP) is 3.67. The highest BCUT2D eigenvalue weighted by atomic mass is 16.5. The van der Waals surface area contributed by atoms with Gasteiger partial charge in [0.05, 0.1) is 17.4 Å². The van der Waals surface area contributed by atoms with E-state index < -0.39 is 0 Å². The Bertz CT molecular complexity index is 1110. The molecule has 0 aliphatic heterocycles. The Balaban J connectivity index is 1.23. The number of carbonyl (C=O) groups excluding carboxylic acids is 1. The molecule has 0 saturated carbocycles. The van der Waals surface area contributed by atoms with Gasteiger partial charge in [-0.3, -0.25) is 4.79 Å². The highest BCUT2D eigenvalue weighted by Gasteiger charge is 2.07. The third kappa shape index (κ3) is 4.92. The van der Waals surface area contributed by atoms with Gasteiger partial charge in [0.1, 0.15) is 0 Å². The number of benzene rings is 2. The van der Waals surface area contributed by atoms with Crippen molar-refractivity contribution >= 4 is 16.9 Å². The lowest BCUT2D eigenvalue weighted by Crippen LogP contribution is -2.22. The van der Waals surface area contributed by atoms with E-state index in [1.54, 1.807) is 0 Å². The third-order valence-electron chi connectivity index (χ3n) is 5.01. The van der Waals surface area contributed by atoms with Crippen molar-refractivity contribution in [3.8, 4) is 0 Å². The molecule has 0 unspecified atom stereocenters. The van der Waals surface area contributed by atoms with E-state index in [1.807, 2.05) is 31.5 Å². The van der Waals surface area contributed by atoms with Crippen molar-refractivity contribution in [3.63, 3.8) is 0 Å². The van der Waals surface area contributed by atoms with Crippen LogP contribution in [0.3, 0.4) is 0 Å². The second kappa shape index (κ2) is 9.35. The van der Waals surface area contributed by atoms with Crippen LogP contribution in [0.15, 0.2) is 59.4 Å². The van der Waals surface area contributed by atoms with Crippen LogP contribution in [0.5, 0.6) is 0 Å². The number of aryl methyl sites for hydroxylation is 2. The summed E-state index contributed by atoms with van der Waals surface area (Å²) in [6, 6.07) is 16.4. The highest BCUT2D eigenvalue weighted by molar-refractivity contribution is 5.76. The summed E-state index contributed by atoms with van der Waals surface area (Å²) in [5.41, 5.74) is 4.40. The monoisotopic (exact) mass is 403 g/mol. The van der Waals surface area contributed by atoms with Crippen molar-refractivity contribution in [2.75, 3.05) is 0 Å². The molecule has 0 spiro atoms. The van der Waals surface area contributed by atoms with Crippen molar-refractivity contribution in [2.24, 2.45) is 0 Å². The maximum absolute atomic E-state index is 12.1. The fourth-order valence-corrected chi connectivity index (χ4v) is 3.32. The summed E-state index contributed by atoms with van der Waals surface area (Å²) >= 11 is 0. The molecule has 0 bridgehead atoms. The van der Waals surface area contributed by atoms with Gasteiger partial charge in [0.25, 0.3) is 0 Å². The van der Waals surface area contributed by atoms with Gasteiger partial charge in [-0.25, -0.2) is 4.98 Å². The van der Waals surface area contributed by atoms with Gasteiger partial charge in [-0.2, -0.15) is 4.98 Å². The van der Waals surface area contributed by atoms with Gasteiger partial charge in [-0.1, -0.05) is 48.5 Å². The summed E-state index contributed by atoms with van der Waals surface area (Å²) in [4.78, 5) is 20.8. The largest absolute Gasteiger partial charge is 0.352 e. The number of para-hydroxylation sites is 2. The summed E-state index contributed by atoms with van der Waals surface area (Å²) < 4.78 is 7.28. The van der Waals surface area contributed by atoms with Gasteiger partial charge in [0, 0.05) is 32.4 Å². The molecule has 1 N–H and O–H groups in total. The number of aromatic nitrogens is 4. The molecule has 30 heavy (non-hydrogen) atoms. The molecule has 7 nitrogen and oxygen atoms in total. The van der Waals surface area contributed by atoms with E-state index in [2.05, 4.69) is 55.3 Å². The molecule has 0 aliphatic carbocycles. The topological polar surface area (TPSA) is 85.8 Å². The Hall–Kier alpha value is -3.48. The van der Waals surface area contributed by atoms with Gasteiger partial charge < -0.3 is 14.4 Å². The summed E-state index contributed by atoms with van der Waals surface area (Å²) in [6.45, 7) is 3.27. The van der Waals surface area contributed by atoms with E-state index >= 15 is 0 Å². The Morgan fingerprint density at radius 2 is 1.90 bits per heavy atom. The van der Waals surface area contributed by atoms with Gasteiger partial charge in [0.15, 0.2) is 5.82 Å². The molecule has 7 heteroatoms. The molecule has 4 rings (SSSR count). The van der Waals surface area contributed by atoms with Crippen LogP contribution in [0.4, 0.5) is 0 Å². The van der Waals surface area contributed by atoms with Crippen LogP contribution in [0, 0.1) is 0 Å². The number of fused-ring (bicyclic) bond motifs is 1. The van der Waals surface area contributed by atoms with Crippen LogP contribution in [0.1, 0.15) is 42.6 Å². The molecule has 0 radical (unpaired) electrons. The van der Waals surface area contributed by atoms with Gasteiger partial charge in [-0.05, 0) is 29.7 Å². The van der Waals surface area contributed by atoms with Crippen molar-refractivity contribution in [1.29, 1.82) is 0 Å². The minimum atomic E-state index is 0.0270. The lowest BCUT2D eigenvalue weighted by Gasteiger charge is -2.08. The van der Waals surface area contributed by atoms with E-state index in [9.17, 15) is 4.79 Å². The van der Waals surface area contributed by atoms with Crippen LogP contribution in [0.25, 0.3) is 11.0 Å². The average Bonchev–Trinajstić information content (AvgIpc) is 3.40. The zero-order chi connectivity index (χ0) is 20.8. The van der Waals surface area contributed by atoms with E-state index in [1.165, 1.54) is 5.56 Å². The zero-order valence-electron chi connectivity index (χ0n) is 17.0. The average molecular weight is 403 g/mol. The molecule has 0 saturated heterocycles. The number of nitrogens with zero attached hydrogens (tertiary/aromatic N) is 4. The van der Waals surface area contributed by atoms with Crippen LogP contribution in [-0.4, -0.2) is 25.6 Å². The smallest absolute Gasteiger partial charge is 0.226 e.